The molecule has 0 aromatic rings. The molecule has 0 heterocycles. The maximum Gasteiger partial charge on any atom is 0.305 e. The zero-order chi connectivity index (χ0) is 11.0. The average molecular weight is 202 g/mol. The summed E-state index contributed by atoms with van der Waals surface area (Å²) in [5, 5.41) is 8.39. The van der Waals surface area contributed by atoms with Gasteiger partial charge in [0.15, 0.2) is 0 Å². The van der Waals surface area contributed by atoms with Crippen molar-refractivity contribution in [2.24, 2.45) is 5.92 Å². The summed E-state index contributed by atoms with van der Waals surface area (Å²) < 4.78 is 4.53. The highest BCUT2D eigenvalue weighted by Crippen LogP contribution is 2.13. The number of ether oxygens (including phenoxy) is 1. The van der Waals surface area contributed by atoms with Crippen molar-refractivity contribution in [3.8, 4) is 0 Å². The lowest BCUT2D eigenvalue weighted by atomic mass is 10.00. The molecular formula is C10H18O4. The number of rotatable bonds is 7. The Balaban J connectivity index is 3.39. The van der Waals surface area contributed by atoms with Crippen molar-refractivity contribution < 1.29 is 19.4 Å². The highest BCUT2D eigenvalue weighted by atomic mass is 16.5. The number of aliphatic carboxylic acids is 1. The summed E-state index contributed by atoms with van der Waals surface area (Å²) in [5.74, 6) is -0.683. The van der Waals surface area contributed by atoms with E-state index in [9.17, 15) is 9.59 Å². The Morgan fingerprint density at radius 1 is 1.36 bits per heavy atom. The number of methoxy groups -OCH3 is 1. The van der Waals surface area contributed by atoms with Gasteiger partial charge >= 0.3 is 11.9 Å². The second-order valence-corrected chi connectivity index (χ2v) is 3.52. The molecule has 82 valence electrons. The van der Waals surface area contributed by atoms with Gasteiger partial charge in [-0.25, -0.2) is 0 Å². The van der Waals surface area contributed by atoms with Gasteiger partial charge in [-0.1, -0.05) is 19.8 Å². The topological polar surface area (TPSA) is 63.6 Å². The summed E-state index contributed by atoms with van der Waals surface area (Å²) in [6.07, 6.45) is 3.04. The molecule has 1 atom stereocenters. The molecule has 0 radical (unpaired) electrons. The molecule has 0 aromatic carbocycles. The van der Waals surface area contributed by atoms with Crippen LogP contribution in [0.15, 0.2) is 0 Å². The van der Waals surface area contributed by atoms with Crippen LogP contribution in [0.1, 0.15) is 39.0 Å². The van der Waals surface area contributed by atoms with E-state index >= 15 is 0 Å². The van der Waals surface area contributed by atoms with Gasteiger partial charge in [-0.05, 0) is 12.3 Å². The molecule has 0 aliphatic carbocycles. The third-order valence-corrected chi connectivity index (χ3v) is 2.08. The predicted octanol–water partition coefficient (Wildman–Crippen LogP) is 1.83. The maximum atomic E-state index is 10.8. The van der Waals surface area contributed by atoms with Crippen molar-refractivity contribution >= 4 is 11.9 Å². The third-order valence-electron chi connectivity index (χ3n) is 2.08. The van der Waals surface area contributed by atoms with Crippen LogP contribution in [0, 0.1) is 5.92 Å². The summed E-state index contributed by atoms with van der Waals surface area (Å²) in [6, 6.07) is 0. The number of unbranched alkanes of at least 4 members (excludes halogenated alkanes) is 1. The minimum absolute atomic E-state index is 0.198. The molecule has 0 saturated carbocycles. The number of carboxylic acid groups (broad SMARTS) is 1. The number of hydrogen-bond acceptors (Lipinski definition) is 3. The second-order valence-electron chi connectivity index (χ2n) is 3.52. The largest absolute Gasteiger partial charge is 0.481 e. The fourth-order valence-electron chi connectivity index (χ4n) is 1.24. The van der Waals surface area contributed by atoms with Crippen molar-refractivity contribution in [1.29, 1.82) is 0 Å². The van der Waals surface area contributed by atoms with Gasteiger partial charge < -0.3 is 9.84 Å². The van der Waals surface area contributed by atoms with Gasteiger partial charge in [0.1, 0.15) is 0 Å². The zero-order valence-corrected chi connectivity index (χ0v) is 8.78. The van der Waals surface area contributed by atoms with Crippen molar-refractivity contribution in [3.05, 3.63) is 0 Å². The van der Waals surface area contributed by atoms with E-state index in [1.165, 1.54) is 7.11 Å². The van der Waals surface area contributed by atoms with Crippen molar-refractivity contribution in [2.45, 2.75) is 39.0 Å². The minimum Gasteiger partial charge on any atom is -0.481 e. The first-order valence-corrected chi connectivity index (χ1v) is 4.85. The van der Waals surface area contributed by atoms with E-state index in [1.807, 2.05) is 6.92 Å². The highest BCUT2D eigenvalue weighted by molar-refractivity contribution is 5.69. The van der Waals surface area contributed by atoms with E-state index in [0.717, 1.165) is 12.8 Å². The van der Waals surface area contributed by atoms with Crippen LogP contribution >= 0.6 is 0 Å². The monoisotopic (exact) mass is 202 g/mol. The third kappa shape index (κ3) is 7.58. The molecule has 14 heavy (non-hydrogen) atoms. The summed E-state index contributed by atoms with van der Waals surface area (Å²) in [4.78, 5) is 21.0. The second kappa shape index (κ2) is 7.35. The Kier molecular flexibility index (Phi) is 6.80. The molecule has 0 bridgehead atoms. The van der Waals surface area contributed by atoms with Crippen molar-refractivity contribution in [1.82, 2.24) is 0 Å². The molecule has 0 spiro atoms. The van der Waals surface area contributed by atoms with Crippen LogP contribution in [0.5, 0.6) is 0 Å². The Hall–Kier alpha value is -1.06. The molecule has 0 aromatic heterocycles. The average Bonchev–Trinajstić information content (AvgIpc) is 2.12. The molecule has 4 heteroatoms. The number of carbonyl (C=O) groups excluding carboxylic acids is 1. The lowest BCUT2D eigenvalue weighted by molar-refractivity contribution is -0.142. The number of carbonyl (C=O) groups is 2. The first-order valence-electron chi connectivity index (χ1n) is 4.85. The Morgan fingerprint density at radius 2 is 2.00 bits per heavy atom. The molecule has 0 amide bonds. The van der Waals surface area contributed by atoms with Crippen molar-refractivity contribution in [3.63, 3.8) is 0 Å². The van der Waals surface area contributed by atoms with Crippen LogP contribution in [-0.2, 0) is 14.3 Å². The number of esters is 1. The van der Waals surface area contributed by atoms with E-state index in [1.54, 1.807) is 0 Å². The van der Waals surface area contributed by atoms with E-state index in [2.05, 4.69) is 4.74 Å². The Morgan fingerprint density at radius 3 is 2.50 bits per heavy atom. The summed E-state index contributed by atoms with van der Waals surface area (Å²) in [5.41, 5.74) is 0. The van der Waals surface area contributed by atoms with E-state index in [-0.39, 0.29) is 18.3 Å². The van der Waals surface area contributed by atoms with E-state index < -0.39 is 5.97 Å². The van der Waals surface area contributed by atoms with Gasteiger partial charge in [0.2, 0.25) is 0 Å². The fourth-order valence-corrected chi connectivity index (χ4v) is 1.24. The minimum atomic E-state index is -0.759. The SMILES string of the molecule is COC(=O)CC(C)CCCCC(=O)O. The van der Waals surface area contributed by atoms with Crippen LogP contribution in [0.25, 0.3) is 0 Å². The molecule has 0 aliphatic heterocycles. The zero-order valence-electron chi connectivity index (χ0n) is 8.78. The Labute approximate surface area is 84.3 Å². The molecule has 1 N–H and O–H groups in total. The summed E-state index contributed by atoms with van der Waals surface area (Å²) >= 11 is 0. The predicted molar refractivity (Wildman–Crippen MR) is 51.9 cm³/mol. The smallest absolute Gasteiger partial charge is 0.305 e. The number of hydrogen-bond donors (Lipinski definition) is 1. The quantitative estimate of drug-likeness (QED) is 0.505. The first-order chi connectivity index (χ1) is 6.56. The molecular weight excluding hydrogens is 184 g/mol. The van der Waals surface area contributed by atoms with Crippen LogP contribution in [-0.4, -0.2) is 24.2 Å². The summed E-state index contributed by atoms with van der Waals surface area (Å²) in [6.45, 7) is 1.97. The molecule has 4 nitrogen and oxygen atoms in total. The van der Waals surface area contributed by atoms with E-state index in [0.29, 0.717) is 12.8 Å². The lowest BCUT2D eigenvalue weighted by Crippen LogP contribution is -2.07. The van der Waals surface area contributed by atoms with Gasteiger partial charge in [-0.2, -0.15) is 0 Å². The molecule has 1 unspecified atom stereocenters. The van der Waals surface area contributed by atoms with Crippen LogP contribution in [0.3, 0.4) is 0 Å². The summed E-state index contributed by atoms with van der Waals surface area (Å²) in [7, 11) is 1.37. The van der Waals surface area contributed by atoms with Gasteiger partial charge in [0.25, 0.3) is 0 Å². The van der Waals surface area contributed by atoms with Crippen LogP contribution in [0.2, 0.25) is 0 Å². The lowest BCUT2D eigenvalue weighted by Gasteiger charge is -2.08. The van der Waals surface area contributed by atoms with E-state index in [4.69, 9.17) is 5.11 Å². The Bertz CT molecular complexity index is 189. The molecule has 0 fully saturated rings. The molecule has 0 aliphatic rings. The van der Waals surface area contributed by atoms with Crippen LogP contribution < -0.4 is 0 Å². The molecule has 0 rings (SSSR count). The van der Waals surface area contributed by atoms with Gasteiger partial charge in [-0.3, -0.25) is 9.59 Å². The highest BCUT2D eigenvalue weighted by Gasteiger charge is 2.08. The number of carboxylic acids is 1. The van der Waals surface area contributed by atoms with Gasteiger partial charge in [0, 0.05) is 12.8 Å². The van der Waals surface area contributed by atoms with Crippen LogP contribution in [0.4, 0.5) is 0 Å². The standard InChI is InChI=1S/C10H18O4/c1-8(7-10(13)14-2)5-3-4-6-9(11)12/h8H,3-7H2,1-2H3,(H,11,12). The normalized spacial score (nSPS) is 12.1. The van der Waals surface area contributed by atoms with Gasteiger partial charge in [-0.15, -0.1) is 0 Å². The van der Waals surface area contributed by atoms with Gasteiger partial charge in [0.05, 0.1) is 7.11 Å². The maximum absolute atomic E-state index is 10.8. The first kappa shape index (κ1) is 12.9. The fraction of sp³-hybridized carbons (Fsp3) is 0.800. The van der Waals surface area contributed by atoms with Crippen molar-refractivity contribution in [2.75, 3.05) is 7.11 Å². The molecule has 0 saturated heterocycles.